The van der Waals surface area contributed by atoms with E-state index in [1.54, 1.807) is 30.2 Å². The summed E-state index contributed by atoms with van der Waals surface area (Å²) >= 11 is 1.36. The van der Waals surface area contributed by atoms with E-state index in [0.29, 0.717) is 48.4 Å². The van der Waals surface area contributed by atoms with E-state index >= 15 is 0 Å². The number of rotatable bonds is 5. The third-order valence-corrected chi connectivity index (χ3v) is 5.04. The van der Waals surface area contributed by atoms with Gasteiger partial charge in [-0.15, -0.1) is 11.3 Å². The number of nitrogens with zero attached hydrogens (tertiary/aromatic N) is 3. The number of ether oxygens (including phenoxy) is 1. The second-order valence-corrected chi connectivity index (χ2v) is 6.84. The largest absolute Gasteiger partial charge is 0.472 e. The maximum absolute atomic E-state index is 14.4. The highest BCUT2D eigenvalue weighted by Crippen LogP contribution is 2.24. The molecule has 1 amide bonds. The molecule has 0 aromatic carbocycles. The number of thiazole rings is 1. The molecule has 27 heavy (non-hydrogen) atoms. The molecule has 3 aromatic rings. The van der Waals surface area contributed by atoms with E-state index < -0.39 is 5.82 Å². The van der Waals surface area contributed by atoms with Crippen molar-refractivity contribution in [3.63, 3.8) is 0 Å². The maximum atomic E-state index is 14.4. The molecule has 1 aliphatic heterocycles. The van der Waals surface area contributed by atoms with Gasteiger partial charge in [0.05, 0.1) is 19.5 Å². The summed E-state index contributed by atoms with van der Waals surface area (Å²) in [5.41, 5.74) is 1.72. The van der Waals surface area contributed by atoms with Crippen LogP contribution in [0, 0.1) is 5.82 Å². The molecular weight excluding hydrogens is 371 g/mol. The van der Waals surface area contributed by atoms with Gasteiger partial charge in [0.1, 0.15) is 17.0 Å². The molecule has 4 rings (SSSR count). The number of pyridine rings is 1. The summed E-state index contributed by atoms with van der Waals surface area (Å²) in [6, 6.07) is 3.18. The second kappa shape index (κ2) is 7.85. The van der Waals surface area contributed by atoms with Crippen molar-refractivity contribution in [1.82, 2.24) is 15.3 Å². The standard InChI is InChI=1S/C18H17FN4O3S/c19-14-7-12(8-20-16(14)23-2-5-25-6-3-23)9-21-17(24)15-11-27-18(22-15)13-1-4-26-10-13/h1,4,7-8,10-11H,2-3,5-6,9H2,(H,21,24). The fourth-order valence-electron chi connectivity index (χ4n) is 2.74. The number of hydrogen-bond donors (Lipinski definition) is 1. The first kappa shape index (κ1) is 17.6. The van der Waals surface area contributed by atoms with Crippen molar-refractivity contribution in [2.24, 2.45) is 0 Å². The average molecular weight is 388 g/mol. The Morgan fingerprint density at radius 1 is 1.37 bits per heavy atom. The van der Waals surface area contributed by atoms with Crippen LogP contribution in [0.25, 0.3) is 10.6 Å². The number of anilines is 1. The van der Waals surface area contributed by atoms with Gasteiger partial charge in [-0.25, -0.2) is 14.4 Å². The molecule has 1 fully saturated rings. The van der Waals surface area contributed by atoms with Crippen LogP contribution in [0.3, 0.4) is 0 Å². The molecule has 0 bridgehead atoms. The third-order valence-electron chi connectivity index (χ3n) is 4.15. The number of nitrogens with one attached hydrogen (secondary N) is 1. The highest BCUT2D eigenvalue weighted by atomic mass is 32.1. The first-order valence-corrected chi connectivity index (χ1v) is 9.32. The average Bonchev–Trinajstić information content (AvgIpc) is 3.38. The van der Waals surface area contributed by atoms with E-state index in [1.807, 2.05) is 4.90 Å². The number of carbonyl (C=O) groups excluding carboxylic acids is 1. The van der Waals surface area contributed by atoms with E-state index in [2.05, 4.69) is 15.3 Å². The van der Waals surface area contributed by atoms with Crippen molar-refractivity contribution in [2.75, 3.05) is 31.2 Å². The van der Waals surface area contributed by atoms with Crippen LogP contribution in [0.1, 0.15) is 16.1 Å². The van der Waals surface area contributed by atoms with E-state index in [0.717, 1.165) is 5.56 Å². The van der Waals surface area contributed by atoms with Gasteiger partial charge < -0.3 is 19.4 Å². The van der Waals surface area contributed by atoms with Crippen LogP contribution in [0.15, 0.2) is 40.7 Å². The Kier molecular flexibility index (Phi) is 5.12. The minimum absolute atomic E-state index is 0.171. The van der Waals surface area contributed by atoms with Crippen LogP contribution in [0.4, 0.5) is 10.2 Å². The Morgan fingerprint density at radius 3 is 2.96 bits per heavy atom. The molecule has 4 heterocycles. The molecule has 0 saturated carbocycles. The fraction of sp³-hybridized carbons (Fsp3) is 0.278. The normalized spacial score (nSPS) is 14.3. The van der Waals surface area contributed by atoms with E-state index in [4.69, 9.17) is 9.15 Å². The van der Waals surface area contributed by atoms with Crippen molar-refractivity contribution >= 4 is 23.1 Å². The van der Waals surface area contributed by atoms with Gasteiger partial charge in [0.15, 0.2) is 11.6 Å². The minimum Gasteiger partial charge on any atom is -0.472 e. The molecule has 0 atom stereocenters. The monoisotopic (exact) mass is 388 g/mol. The SMILES string of the molecule is O=C(NCc1cnc(N2CCOCC2)c(F)c1)c1csc(-c2ccoc2)n1. The zero-order valence-corrected chi connectivity index (χ0v) is 15.2. The van der Waals surface area contributed by atoms with Crippen molar-refractivity contribution in [1.29, 1.82) is 0 Å². The number of furan rings is 1. The van der Waals surface area contributed by atoms with Crippen molar-refractivity contribution < 1.29 is 18.3 Å². The Balaban J connectivity index is 1.38. The second-order valence-electron chi connectivity index (χ2n) is 5.98. The highest BCUT2D eigenvalue weighted by Gasteiger charge is 2.17. The molecule has 1 N–H and O–H groups in total. The molecule has 0 unspecified atom stereocenters. The van der Waals surface area contributed by atoms with Gasteiger partial charge in [-0.1, -0.05) is 0 Å². The zero-order chi connectivity index (χ0) is 18.6. The molecule has 140 valence electrons. The lowest BCUT2D eigenvalue weighted by atomic mass is 10.2. The first-order valence-electron chi connectivity index (χ1n) is 8.44. The fourth-order valence-corrected chi connectivity index (χ4v) is 3.53. The number of hydrogen-bond acceptors (Lipinski definition) is 7. The van der Waals surface area contributed by atoms with Gasteiger partial charge in [0, 0.05) is 36.8 Å². The predicted octanol–water partition coefficient (Wildman–Crippen LogP) is 2.70. The van der Waals surface area contributed by atoms with Crippen molar-refractivity contribution in [2.45, 2.75) is 6.54 Å². The van der Waals surface area contributed by atoms with Gasteiger partial charge in [-0.2, -0.15) is 0 Å². The molecule has 9 heteroatoms. The Morgan fingerprint density at radius 2 is 2.22 bits per heavy atom. The molecule has 3 aromatic heterocycles. The lowest BCUT2D eigenvalue weighted by Gasteiger charge is -2.28. The maximum Gasteiger partial charge on any atom is 0.271 e. The summed E-state index contributed by atoms with van der Waals surface area (Å²) in [5.74, 6) is -0.407. The summed E-state index contributed by atoms with van der Waals surface area (Å²) in [5, 5.41) is 5.13. The van der Waals surface area contributed by atoms with Crippen LogP contribution in [-0.2, 0) is 11.3 Å². The molecule has 1 aliphatic rings. The number of amides is 1. The Labute approximate surface area is 158 Å². The van der Waals surface area contributed by atoms with Gasteiger partial charge >= 0.3 is 0 Å². The molecule has 1 saturated heterocycles. The minimum atomic E-state index is -0.403. The first-order chi connectivity index (χ1) is 13.2. The number of halogens is 1. The summed E-state index contributed by atoms with van der Waals surface area (Å²) in [7, 11) is 0. The topological polar surface area (TPSA) is 80.5 Å². The third kappa shape index (κ3) is 3.99. The van der Waals surface area contributed by atoms with Gasteiger partial charge in [0.2, 0.25) is 0 Å². The molecule has 0 aliphatic carbocycles. The molecule has 0 spiro atoms. The van der Waals surface area contributed by atoms with Crippen molar-refractivity contribution in [3.05, 3.63) is 53.3 Å². The van der Waals surface area contributed by atoms with E-state index in [-0.39, 0.29) is 12.5 Å². The summed E-state index contributed by atoms with van der Waals surface area (Å²) in [4.78, 5) is 22.6. The quantitative estimate of drug-likeness (QED) is 0.724. The smallest absolute Gasteiger partial charge is 0.271 e. The number of aromatic nitrogens is 2. The molecular formula is C18H17FN4O3S. The number of morpholine rings is 1. The highest BCUT2D eigenvalue weighted by molar-refractivity contribution is 7.13. The Bertz CT molecular complexity index is 923. The van der Waals surface area contributed by atoms with Crippen molar-refractivity contribution in [3.8, 4) is 10.6 Å². The lowest BCUT2D eigenvalue weighted by molar-refractivity contribution is 0.0946. The summed E-state index contributed by atoms with van der Waals surface area (Å²) in [6.07, 6.45) is 4.70. The Hall–Kier alpha value is -2.78. The molecule has 7 nitrogen and oxygen atoms in total. The summed E-state index contributed by atoms with van der Waals surface area (Å²) < 4.78 is 24.7. The van der Waals surface area contributed by atoms with E-state index in [1.165, 1.54) is 17.4 Å². The van der Waals surface area contributed by atoms with Crippen LogP contribution in [-0.4, -0.2) is 42.2 Å². The van der Waals surface area contributed by atoms with Crippen LogP contribution >= 0.6 is 11.3 Å². The van der Waals surface area contributed by atoms with Crippen LogP contribution in [0.5, 0.6) is 0 Å². The molecule has 0 radical (unpaired) electrons. The lowest BCUT2D eigenvalue weighted by Crippen LogP contribution is -2.37. The van der Waals surface area contributed by atoms with Gasteiger partial charge in [-0.3, -0.25) is 4.79 Å². The van der Waals surface area contributed by atoms with Gasteiger partial charge in [0.25, 0.3) is 5.91 Å². The van der Waals surface area contributed by atoms with Crippen LogP contribution < -0.4 is 10.2 Å². The zero-order valence-electron chi connectivity index (χ0n) is 14.4. The summed E-state index contributed by atoms with van der Waals surface area (Å²) in [6.45, 7) is 2.52. The van der Waals surface area contributed by atoms with Gasteiger partial charge in [-0.05, 0) is 17.7 Å². The number of carbonyl (C=O) groups is 1. The predicted molar refractivity (Wildman–Crippen MR) is 98.2 cm³/mol. The van der Waals surface area contributed by atoms with Crippen LogP contribution in [0.2, 0.25) is 0 Å². The van der Waals surface area contributed by atoms with E-state index in [9.17, 15) is 9.18 Å².